The van der Waals surface area contributed by atoms with Crippen LogP contribution >= 0.6 is 11.8 Å². The Bertz CT molecular complexity index is 346. The van der Waals surface area contributed by atoms with Gasteiger partial charge in [-0.15, -0.1) is 0 Å². The fourth-order valence-corrected chi connectivity index (χ4v) is 2.80. The van der Waals surface area contributed by atoms with Crippen LogP contribution < -0.4 is 5.73 Å². The number of ether oxygens (including phenoxy) is 1. The van der Waals surface area contributed by atoms with Gasteiger partial charge in [0.1, 0.15) is 5.82 Å². The van der Waals surface area contributed by atoms with Crippen LogP contribution in [-0.4, -0.2) is 24.2 Å². The Kier molecular flexibility index (Phi) is 3.84. The van der Waals surface area contributed by atoms with Crippen LogP contribution in [0.2, 0.25) is 0 Å². The van der Waals surface area contributed by atoms with Crippen molar-refractivity contribution in [2.24, 2.45) is 5.73 Å². The summed E-state index contributed by atoms with van der Waals surface area (Å²) in [6.07, 6.45) is -0.0000463. The minimum absolute atomic E-state index is 0.0000463. The molecule has 16 heavy (non-hydrogen) atoms. The maximum Gasteiger partial charge on any atom is 0.123 e. The van der Waals surface area contributed by atoms with Gasteiger partial charge in [0.15, 0.2) is 0 Å². The second-order valence-corrected chi connectivity index (χ2v) is 5.22. The van der Waals surface area contributed by atoms with Crippen molar-refractivity contribution in [2.45, 2.75) is 19.1 Å². The zero-order valence-corrected chi connectivity index (χ0v) is 10.1. The van der Waals surface area contributed by atoms with Gasteiger partial charge in [0.2, 0.25) is 0 Å². The van der Waals surface area contributed by atoms with Gasteiger partial charge in [-0.1, -0.05) is 6.07 Å². The molecule has 2 rings (SSSR count). The fourth-order valence-electron chi connectivity index (χ4n) is 1.89. The smallest absolute Gasteiger partial charge is 0.123 e. The third-order valence-electron chi connectivity index (χ3n) is 2.69. The van der Waals surface area contributed by atoms with Crippen molar-refractivity contribution in [1.29, 1.82) is 0 Å². The highest BCUT2D eigenvalue weighted by molar-refractivity contribution is 7.99. The number of rotatable bonds is 2. The molecule has 1 fully saturated rings. The van der Waals surface area contributed by atoms with Gasteiger partial charge in [-0.3, -0.25) is 0 Å². The molecule has 2 N–H and O–H groups in total. The number of benzene rings is 1. The Labute approximate surface area is 99.4 Å². The number of hydrogen-bond donors (Lipinski definition) is 1. The molecule has 4 heteroatoms. The van der Waals surface area contributed by atoms with Gasteiger partial charge >= 0.3 is 0 Å². The Balaban J connectivity index is 2.15. The van der Waals surface area contributed by atoms with Crippen molar-refractivity contribution < 1.29 is 9.13 Å². The van der Waals surface area contributed by atoms with Crippen LogP contribution in [0, 0.1) is 12.7 Å². The molecule has 88 valence electrons. The molecule has 2 unspecified atom stereocenters. The Morgan fingerprint density at radius 2 is 2.31 bits per heavy atom. The monoisotopic (exact) mass is 241 g/mol. The summed E-state index contributed by atoms with van der Waals surface area (Å²) < 4.78 is 18.9. The maximum absolute atomic E-state index is 13.3. The topological polar surface area (TPSA) is 35.2 Å². The summed E-state index contributed by atoms with van der Waals surface area (Å²) >= 11 is 1.84. The van der Waals surface area contributed by atoms with Crippen LogP contribution in [0.4, 0.5) is 4.39 Å². The summed E-state index contributed by atoms with van der Waals surface area (Å²) in [7, 11) is 0. The summed E-state index contributed by atoms with van der Waals surface area (Å²) in [5, 5.41) is 0. The van der Waals surface area contributed by atoms with Crippen LogP contribution in [0.25, 0.3) is 0 Å². The lowest BCUT2D eigenvalue weighted by Gasteiger charge is -2.28. The first-order valence-corrected chi connectivity index (χ1v) is 6.54. The molecule has 0 amide bonds. The predicted octanol–water partition coefficient (Wildman–Crippen LogP) is 2.27. The molecule has 0 aromatic heterocycles. The van der Waals surface area contributed by atoms with Crippen molar-refractivity contribution in [3.05, 3.63) is 35.1 Å². The molecule has 1 aromatic rings. The molecule has 2 nitrogen and oxygen atoms in total. The lowest BCUT2D eigenvalue weighted by molar-refractivity contribution is 0.0568. The summed E-state index contributed by atoms with van der Waals surface area (Å²) in [4.78, 5) is 0. The molecule has 1 heterocycles. The average Bonchev–Trinajstić information content (AvgIpc) is 2.28. The van der Waals surface area contributed by atoms with Crippen LogP contribution in [0.1, 0.15) is 17.2 Å². The summed E-state index contributed by atoms with van der Waals surface area (Å²) in [5.41, 5.74) is 7.82. The van der Waals surface area contributed by atoms with E-state index in [0.29, 0.717) is 0 Å². The fraction of sp³-hybridized carbons (Fsp3) is 0.500. The second-order valence-electron chi connectivity index (χ2n) is 4.07. The normalized spacial score (nSPS) is 23.1. The van der Waals surface area contributed by atoms with Crippen LogP contribution in [-0.2, 0) is 4.74 Å². The quantitative estimate of drug-likeness (QED) is 0.862. The van der Waals surface area contributed by atoms with Gasteiger partial charge in [0.25, 0.3) is 0 Å². The molecule has 0 spiro atoms. The van der Waals surface area contributed by atoms with Crippen molar-refractivity contribution in [1.82, 2.24) is 0 Å². The van der Waals surface area contributed by atoms with Crippen molar-refractivity contribution in [2.75, 3.05) is 18.1 Å². The molecule has 0 aliphatic carbocycles. The van der Waals surface area contributed by atoms with Crippen molar-refractivity contribution in [3.8, 4) is 0 Å². The largest absolute Gasteiger partial charge is 0.375 e. The third kappa shape index (κ3) is 2.75. The van der Waals surface area contributed by atoms with E-state index in [1.807, 2.05) is 24.8 Å². The zero-order chi connectivity index (χ0) is 11.5. The first-order chi connectivity index (χ1) is 7.66. The predicted molar refractivity (Wildman–Crippen MR) is 65.1 cm³/mol. The van der Waals surface area contributed by atoms with Gasteiger partial charge in [0.05, 0.1) is 18.8 Å². The molecule has 1 saturated heterocycles. The summed E-state index contributed by atoms with van der Waals surface area (Å²) in [6.45, 7) is 2.60. The SMILES string of the molecule is Cc1cc(F)cc(C(N)C2CSCCO2)c1. The molecule has 1 aromatic carbocycles. The number of hydrogen-bond acceptors (Lipinski definition) is 3. The molecular formula is C12H16FNOS. The van der Waals surface area contributed by atoms with Gasteiger partial charge in [-0.2, -0.15) is 11.8 Å². The molecule has 2 atom stereocenters. The van der Waals surface area contributed by atoms with Crippen LogP contribution in [0.15, 0.2) is 18.2 Å². The minimum atomic E-state index is -0.234. The van der Waals surface area contributed by atoms with E-state index >= 15 is 0 Å². The van der Waals surface area contributed by atoms with Gasteiger partial charge < -0.3 is 10.5 Å². The molecule has 1 aliphatic heterocycles. The number of halogens is 1. The van der Waals surface area contributed by atoms with E-state index in [9.17, 15) is 4.39 Å². The molecule has 0 bridgehead atoms. The second kappa shape index (κ2) is 5.17. The van der Waals surface area contributed by atoms with E-state index in [1.165, 1.54) is 12.1 Å². The van der Waals surface area contributed by atoms with Crippen molar-refractivity contribution >= 4 is 11.8 Å². The summed E-state index contributed by atoms with van der Waals surface area (Å²) in [5.74, 6) is 1.68. The van der Waals surface area contributed by atoms with E-state index in [1.54, 1.807) is 0 Å². The van der Waals surface area contributed by atoms with Gasteiger partial charge in [-0.25, -0.2) is 4.39 Å². The number of aryl methyl sites for hydroxylation is 1. The third-order valence-corrected chi connectivity index (χ3v) is 3.71. The Morgan fingerprint density at radius 3 is 2.94 bits per heavy atom. The lowest BCUT2D eigenvalue weighted by atomic mass is 10.0. The molecular weight excluding hydrogens is 225 g/mol. The zero-order valence-electron chi connectivity index (χ0n) is 9.28. The van der Waals surface area contributed by atoms with E-state index in [2.05, 4.69) is 0 Å². The van der Waals surface area contributed by atoms with Crippen molar-refractivity contribution in [3.63, 3.8) is 0 Å². The van der Waals surface area contributed by atoms with Crippen LogP contribution in [0.5, 0.6) is 0 Å². The summed E-state index contributed by atoms with van der Waals surface area (Å²) in [6, 6.07) is 4.70. The minimum Gasteiger partial charge on any atom is -0.375 e. The maximum atomic E-state index is 13.3. The van der Waals surface area contributed by atoms with E-state index in [-0.39, 0.29) is 18.0 Å². The highest BCUT2D eigenvalue weighted by Gasteiger charge is 2.23. The lowest BCUT2D eigenvalue weighted by Crippen LogP contribution is -2.34. The van der Waals surface area contributed by atoms with E-state index in [4.69, 9.17) is 10.5 Å². The molecule has 1 aliphatic rings. The van der Waals surface area contributed by atoms with Crippen LogP contribution in [0.3, 0.4) is 0 Å². The van der Waals surface area contributed by atoms with E-state index < -0.39 is 0 Å². The molecule has 0 radical (unpaired) electrons. The molecule has 0 saturated carbocycles. The van der Waals surface area contributed by atoms with Gasteiger partial charge in [0, 0.05) is 11.5 Å². The average molecular weight is 241 g/mol. The highest BCUT2D eigenvalue weighted by atomic mass is 32.2. The number of thioether (sulfide) groups is 1. The number of nitrogens with two attached hydrogens (primary N) is 1. The highest BCUT2D eigenvalue weighted by Crippen LogP contribution is 2.24. The van der Waals surface area contributed by atoms with Gasteiger partial charge in [-0.05, 0) is 30.2 Å². The first-order valence-electron chi connectivity index (χ1n) is 5.39. The first kappa shape index (κ1) is 11.9. The standard InChI is InChI=1S/C12H16FNOS/c1-8-4-9(6-10(13)5-8)12(14)11-7-16-3-2-15-11/h4-6,11-12H,2-3,7,14H2,1H3. The van der Waals surface area contributed by atoms with E-state index in [0.717, 1.165) is 29.2 Å². The Morgan fingerprint density at radius 1 is 1.50 bits per heavy atom. The Hall–Kier alpha value is -0.580.